The highest BCUT2D eigenvalue weighted by atomic mass is 35.5. The minimum Gasteiger partial charge on any atom is -0.297 e. The van der Waals surface area contributed by atoms with Gasteiger partial charge in [0.2, 0.25) is 0 Å². The number of rotatable bonds is 3. The molecule has 76 valence electrons. The van der Waals surface area contributed by atoms with Gasteiger partial charge in [-0.15, -0.1) is 11.3 Å². The van der Waals surface area contributed by atoms with Gasteiger partial charge in [-0.25, -0.2) is 4.98 Å². The van der Waals surface area contributed by atoms with Crippen LogP contribution in [0.5, 0.6) is 0 Å². The number of hydrogen-bond acceptors (Lipinski definition) is 4. The highest BCUT2D eigenvalue weighted by molar-refractivity contribution is 8.01. The molecule has 0 spiro atoms. The Morgan fingerprint density at radius 2 is 2.20 bits per heavy atom. The average molecular weight is 256 g/mol. The van der Waals surface area contributed by atoms with E-state index in [9.17, 15) is 4.79 Å². The number of halogens is 1. The molecule has 2 rings (SSSR count). The molecular formula is C10H6ClNOS2. The van der Waals surface area contributed by atoms with E-state index < -0.39 is 0 Å². The number of nitrogens with zero attached hydrogens (tertiary/aromatic N) is 1. The van der Waals surface area contributed by atoms with Gasteiger partial charge in [-0.2, -0.15) is 0 Å². The lowest BCUT2D eigenvalue weighted by Gasteiger charge is -1.96. The summed E-state index contributed by atoms with van der Waals surface area (Å²) in [6.45, 7) is 0. The van der Waals surface area contributed by atoms with E-state index in [4.69, 9.17) is 11.6 Å². The van der Waals surface area contributed by atoms with E-state index in [1.54, 1.807) is 18.3 Å². The quantitative estimate of drug-likeness (QED) is 0.783. The molecule has 5 heteroatoms. The van der Waals surface area contributed by atoms with E-state index >= 15 is 0 Å². The van der Waals surface area contributed by atoms with Gasteiger partial charge in [0.25, 0.3) is 0 Å². The summed E-state index contributed by atoms with van der Waals surface area (Å²) in [5.41, 5.74) is 0. The van der Waals surface area contributed by atoms with Gasteiger partial charge in [0.1, 0.15) is 5.03 Å². The Hall–Kier alpha value is -0.840. The lowest BCUT2D eigenvalue weighted by molar-refractivity contribution is 0.112. The van der Waals surface area contributed by atoms with Crippen molar-refractivity contribution in [3.63, 3.8) is 0 Å². The summed E-state index contributed by atoms with van der Waals surface area (Å²) in [5, 5.41) is 1.50. The van der Waals surface area contributed by atoms with Gasteiger partial charge in [-0.1, -0.05) is 23.4 Å². The Balaban J connectivity index is 2.14. The molecule has 0 saturated carbocycles. The number of aromatic nitrogens is 1. The van der Waals surface area contributed by atoms with Crippen molar-refractivity contribution in [2.24, 2.45) is 0 Å². The number of carbonyl (C=O) groups is 1. The molecule has 2 aromatic rings. The predicted molar refractivity (Wildman–Crippen MR) is 63.1 cm³/mol. The maximum Gasteiger partial charge on any atom is 0.160 e. The molecule has 0 bridgehead atoms. The van der Waals surface area contributed by atoms with Crippen LogP contribution in [0.25, 0.3) is 0 Å². The fourth-order valence-electron chi connectivity index (χ4n) is 0.978. The van der Waals surface area contributed by atoms with Crippen LogP contribution in [-0.2, 0) is 0 Å². The molecule has 0 unspecified atom stereocenters. The van der Waals surface area contributed by atoms with Gasteiger partial charge in [-0.05, 0) is 24.3 Å². The lowest BCUT2D eigenvalue weighted by Crippen LogP contribution is -1.76. The summed E-state index contributed by atoms with van der Waals surface area (Å²) in [5.74, 6) is 0. The molecule has 2 aromatic heterocycles. The van der Waals surface area contributed by atoms with Crippen molar-refractivity contribution < 1.29 is 4.79 Å². The molecule has 0 atom stereocenters. The van der Waals surface area contributed by atoms with E-state index in [0.29, 0.717) is 5.02 Å². The minimum absolute atomic E-state index is 0.624. The fourth-order valence-corrected chi connectivity index (χ4v) is 2.94. The first-order valence-corrected chi connectivity index (χ1v) is 6.13. The molecule has 0 amide bonds. The smallest absolute Gasteiger partial charge is 0.160 e. The van der Waals surface area contributed by atoms with E-state index in [2.05, 4.69) is 4.98 Å². The number of thiophene rings is 1. The second-order valence-corrected chi connectivity index (χ2v) is 5.56. The molecule has 2 heterocycles. The Morgan fingerprint density at radius 1 is 1.33 bits per heavy atom. The molecule has 0 aliphatic heterocycles. The van der Waals surface area contributed by atoms with E-state index in [1.165, 1.54) is 23.1 Å². The van der Waals surface area contributed by atoms with Crippen LogP contribution in [0.15, 0.2) is 39.7 Å². The first kappa shape index (κ1) is 10.7. The Labute approximate surface area is 100 Å². The van der Waals surface area contributed by atoms with Crippen LogP contribution >= 0.6 is 34.7 Å². The molecule has 0 aromatic carbocycles. The molecule has 0 saturated heterocycles. The normalized spacial score (nSPS) is 10.2. The Kier molecular flexibility index (Phi) is 3.41. The van der Waals surface area contributed by atoms with E-state index in [-0.39, 0.29) is 0 Å². The number of pyridine rings is 1. The van der Waals surface area contributed by atoms with Crippen molar-refractivity contribution in [3.05, 3.63) is 40.4 Å². The van der Waals surface area contributed by atoms with Gasteiger partial charge in [0, 0.05) is 6.20 Å². The van der Waals surface area contributed by atoms with Crippen molar-refractivity contribution in [1.82, 2.24) is 4.98 Å². The van der Waals surface area contributed by atoms with Crippen molar-refractivity contribution in [1.29, 1.82) is 0 Å². The molecule has 0 N–H and O–H groups in total. The fraction of sp³-hybridized carbons (Fsp3) is 0. The molecule has 0 aliphatic rings. The lowest BCUT2D eigenvalue weighted by atomic mass is 10.5. The molecular weight excluding hydrogens is 250 g/mol. The van der Waals surface area contributed by atoms with Gasteiger partial charge in [-0.3, -0.25) is 4.79 Å². The summed E-state index contributed by atoms with van der Waals surface area (Å²) in [4.78, 5) is 15.4. The Morgan fingerprint density at radius 3 is 2.80 bits per heavy atom. The summed E-state index contributed by atoms with van der Waals surface area (Å²) in [6.07, 6.45) is 2.46. The maximum atomic E-state index is 10.5. The highest BCUT2D eigenvalue weighted by Crippen LogP contribution is 2.31. The molecule has 15 heavy (non-hydrogen) atoms. The number of carbonyl (C=O) groups excluding carboxylic acids is 1. The third kappa shape index (κ3) is 2.81. The van der Waals surface area contributed by atoms with Crippen LogP contribution in [0.3, 0.4) is 0 Å². The summed E-state index contributed by atoms with van der Waals surface area (Å²) >= 11 is 8.70. The second-order valence-electron chi connectivity index (χ2n) is 2.69. The molecule has 0 fully saturated rings. The average Bonchev–Trinajstić information content (AvgIpc) is 2.69. The zero-order chi connectivity index (χ0) is 10.7. The van der Waals surface area contributed by atoms with Gasteiger partial charge in [0.15, 0.2) is 6.29 Å². The predicted octanol–water partition coefficient (Wildman–Crippen LogP) is 3.76. The van der Waals surface area contributed by atoms with Crippen LogP contribution in [0, 0.1) is 0 Å². The highest BCUT2D eigenvalue weighted by Gasteiger charge is 2.02. The minimum atomic E-state index is 0.624. The van der Waals surface area contributed by atoms with Crippen LogP contribution in [0.2, 0.25) is 5.02 Å². The topological polar surface area (TPSA) is 30.0 Å². The molecule has 0 radical (unpaired) electrons. The number of hydrogen-bond donors (Lipinski definition) is 0. The van der Waals surface area contributed by atoms with Gasteiger partial charge in [0.05, 0.1) is 14.1 Å². The third-order valence-electron chi connectivity index (χ3n) is 1.62. The summed E-state index contributed by atoms with van der Waals surface area (Å²) < 4.78 is 1.05. The maximum absolute atomic E-state index is 10.5. The van der Waals surface area contributed by atoms with Crippen LogP contribution in [-0.4, -0.2) is 11.3 Å². The monoisotopic (exact) mass is 255 g/mol. The summed E-state index contributed by atoms with van der Waals surface area (Å²) in [6, 6.07) is 7.36. The van der Waals surface area contributed by atoms with Crippen LogP contribution in [0.1, 0.15) is 9.67 Å². The van der Waals surface area contributed by atoms with E-state index in [1.807, 2.05) is 12.1 Å². The summed E-state index contributed by atoms with van der Waals surface area (Å²) in [7, 11) is 0. The van der Waals surface area contributed by atoms with Crippen LogP contribution < -0.4 is 0 Å². The largest absolute Gasteiger partial charge is 0.297 e. The first-order valence-electron chi connectivity index (χ1n) is 4.12. The van der Waals surface area contributed by atoms with Crippen LogP contribution in [0.4, 0.5) is 0 Å². The zero-order valence-electron chi connectivity index (χ0n) is 7.51. The molecule has 2 nitrogen and oxygen atoms in total. The van der Waals surface area contributed by atoms with Crippen molar-refractivity contribution in [3.8, 4) is 0 Å². The van der Waals surface area contributed by atoms with Crippen molar-refractivity contribution in [2.45, 2.75) is 9.24 Å². The standard InChI is InChI=1S/C10H6ClNOS2/c11-7-1-3-9(12-5-7)15-10-4-2-8(6-13)14-10/h1-6H. The van der Waals surface area contributed by atoms with E-state index in [0.717, 1.165) is 20.4 Å². The molecule has 0 aliphatic carbocycles. The first-order chi connectivity index (χ1) is 7.28. The van der Waals surface area contributed by atoms with Crippen molar-refractivity contribution in [2.75, 3.05) is 0 Å². The third-order valence-corrected chi connectivity index (χ3v) is 3.94. The van der Waals surface area contributed by atoms with Gasteiger partial charge >= 0.3 is 0 Å². The second kappa shape index (κ2) is 4.79. The zero-order valence-corrected chi connectivity index (χ0v) is 9.90. The SMILES string of the molecule is O=Cc1ccc(Sc2ccc(Cl)cn2)s1. The van der Waals surface area contributed by atoms with Crippen molar-refractivity contribution >= 4 is 41.0 Å². The Bertz CT molecular complexity index is 467. The van der Waals surface area contributed by atoms with Gasteiger partial charge < -0.3 is 0 Å². The number of aldehydes is 1.